The average Bonchev–Trinajstić information content (AvgIpc) is 2.87. The second-order valence-corrected chi connectivity index (χ2v) is 5.08. The van der Waals surface area contributed by atoms with E-state index in [1.165, 1.54) is 0 Å². The van der Waals surface area contributed by atoms with Crippen LogP contribution < -0.4 is 10.5 Å². The zero-order valence-corrected chi connectivity index (χ0v) is 12.1. The van der Waals surface area contributed by atoms with Gasteiger partial charge in [0.2, 0.25) is 0 Å². The number of fused-ring (bicyclic) bond motifs is 1. The molecule has 2 aromatic carbocycles. The molecule has 0 bridgehead atoms. The number of aromatic nitrogens is 2. The largest absolute Gasteiger partial charge is 0.497 e. The van der Waals surface area contributed by atoms with Crippen molar-refractivity contribution in [1.29, 1.82) is 0 Å². The molecule has 0 amide bonds. The molecule has 0 radical (unpaired) electrons. The van der Waals surface area contributed by atoms with Crippen LogP contribution in [0, 0.1) is 0 Å². The zero-order chi connectivity index (χ0) is 14.3. The number of H-pyrrole nitrogens is 1. The maximum Gasteiger partial charge on any atom is 0.140 e. The van der Waals surface area contributed by atoms with Crippen LogP contribution in [0.15, 0.2) is 30.3 Å². The fourth-order valence-corrected chi connectivity index (χ4v) is 2.39. The first-order valence-electron chi connectivity index (χ1n) is 5.87. The number of nitrogens with two attached hydrogens (primary N) is 1. The molecule has 3 N–H and O–H groups in total. The highest BCUT2D eigenvalue weighted by atomic mass is 35.5. The lowest BCUT2D eigenvalue weighted by Gasteiger charge is -2.05. The molecule has 0 aliphatic rings. The summed E-state index contributed by atoms with van der Waals surface area (Å²) in [6, 6.07) is 8.98. The van der Waals surface area contributed by atoms with Crippen molar-refractivity contribution >= 4 is 39.9 Å². The molecule has 0 aliphatic carbocycles. The van der Waals surface area contributed by atoms with Gasteiger partial charge in [0.05, 0.1) is 22.7 Å². The summed E-state index contributed by atoms with van der Waals surface area (Å²) in [5.41, 5.74) is 8.82. The van der Waals surface area contributed by atoms with E-state index in [2.05, 4.69) is 9.97 Å². The van der Waals surface area contributed by atoms with Gasteiger partial charge < -0.3 is 15.5 Å². The number of methoxy groups -OCH3 is 1. The van der Waals surface area contributed by atoms with E-state index in [-0.39, 0.29) is 0 Å². The number of halogens is 2. The molecule has 6 heteroatoms. The van der Waals surface area contributed by atoms with Gasteiger partial charge in [-0.1, -0.05) is 23.2 Å². The molecule has 0 atom stereocenters. The minimum Gasteiger partial charge on any atom is -0.497 e. The number of benzene rings is 2. The third kappa shape index (κ3) is 2.07. The monoisotopic (exact) mass is 307 g/mol. The molecular weight excluding hydrogens is 297 g/mol. The third-order valence-corrected chi connectivity index (χ3v) is 3.85. The third-order valence-electron chi connectivity index (χ3n) is 3.06. The van der Waals surface area contributed by atoms with Crippen molar-refractivity contribution in [2.45, 2.75) is 0 Å². The highest BCUT2D eigenvalue weighted by Crippen LogP contribution is 2.33. The summed E-state index contributed by atoms with van der Waals surface area (Å²) in [5.74, 6) is 1.34. The van der Waals surface area contributed by atoms with Crippen LogP contribution in [0.5, 0.6) is 5.75 Å². The van der Waals surface area contributed by atoms with Crippen LogP contribution in [0.1, 0.15) is 0 Å². The van der Waals surface area contributed by atoms with Crippen LogP contribution >= 0.6 is 23.2 Å². The molecule has 0 unspecified atom stereocenters. The first-order valence-corrected chi connectivity index (χ1v) is 6.63. The molecule has 4 nitrogen and oxygen atoms in total. The molecule has 0 saturated heterocycles. The standard InChI is InChI=1S/C14H11Cl2N3O/c1-20-7-2-3-8(10(17)6-7)14-18-11-5-4-9(15)12(16)13(11)19-14/h2-6H,17H2,1H3,(H,18,19). The lowest BCUT2D eigenvalue weighted by atomic mass is 10.1. The van der Waals surface area contributed by atoms with Gasteiger partial charge in [0.15, 0.2) is 0 Å². The van der Waals surface area contributed by atoms with Gasteiger partial charge in [-0.3, -0.25) is 0 Å². The number of hydrogen-bond acceptors (Lipinski definition) is 3. The first kappa shape index (κ1) is 13.1. The summed E-state index contributed by atoms with van der Waals surface area (Å²) in [7, 11) is 1.59. The van der Waals surface area contributed by atoms with E-state index in [4.69, 9.17) is 33.7 Å². The van der Waals surface area contributed by atoms with E-state index >= 15 is 0 Å². The number of aromatic amines is 1. The molecule has 1 aromatic heterocycles. The van der Waals surface area contributed by atoms with Crippen LogP contribution in [0.4, 0.5) is 5.69 Å². The maximum atomic E-state index is 6.15. The highest BCUT2D eigenvalue weighted by Gasteiger charge is 2.12. The molecular formula is C14H11Cl2N3O. The molecule has 0 aliphatic heterocycles. The summed E-state index contributed by atoms with van der Waals surface area (Å²) in [6.45, 7) is 0. The Morgan fingerprint density at radius 1 is 1.20 bits per heavy atom. The molecule has 0 spiro atoms. The molecule has 3 rings (SSSR count). The quantitative estimate of drug-likeness (QED) is 0.700. The molecule has 0 fully saturated rings. The number of imidazole rings is 1. The summed E-state index contributed by atoms with van der Waals surface area (Å²) in [5, 5.41) is 0.902. The Kier molecular flexibility index (Phi) is 3.20. The van der Waals surface area contributed by atoms with Crippen LogP contribution in [0.3, 0.4) is 0 Å². The zero-order valence-electron chi connectivity index (χ0n) is 10.6. The van der Waals surface area contributed by atoms with E-state index in [1.54, 1.807) is 19.2 Å². The van der Waals surface area contributed by atoms with Crippen LogP contribution in [-0.4, -0.2) is 17.1 Å². The van der Waals surface area contributed by atoms with Crippen molar-refractivity contribution in [1.82, 2.24) is 9.97 Å². The number of nitrogen functional groups attached to an aromatic ring is 1. The summed E-state index contributed by atoms with van der Waals surface area (Å²) >= 11 is 12.1. The minimum atomic E-state index is 0.429. The molecule has 0 saturated carbocycles. The Bertz CT molecular complexity index is 798. The Morgan fingerprint density at radius 2 is 2.00 bits per heavy atom. The highest BCUT2D eigenvalue weighted by molar-refractivity contribution is 6.44. The number of nitrogens with zero attached hydrogens (tertiary/aromatic N) is 1. The van der Waals surface area contributed by atoms with Gasteiger partial charge in [0.1, 0.15) is 17.1 Å². The van der Waals surface area contributed by atoms with Gasteiger partial charge in [-0.15, -0.1) is 0 Å². The predicted octanol–water partition coefficient (Wildman–Crippen LogP) is 4.13. The normalized spacial score (nSPS) is 10.9. The van der Waals surface area contributed by atoms with Crippen LogP contribution in [-0.2, 0) is 0 Å². The fourth-order valence-electron chi connectivity index (χ4n) is 2.03. The van der Waals surface area contributed by atoms with Crippen LogP contribution in [0.2, 0.25) is 10.0 Å². The minimum absolute atomic E-state index is 0.429. The van der Waals surface area contributed by atoms with Crippen molar-refractivity contribution in [2.24, 2.45) is 0 Å². The van der Waals surface area contributed by atoms with Crippen molar-refractivity contribution in [3.05, 3.63) is 40.4 Å². The molecule has 1 heterocycles. The number of nitrogens with one attached hydrogen (secondary N) is 1. The lowest BCUT2D eigenvalue weighted by Crippen LogP contribution is -1.93. The van der Waals surface area contributed by atoms with E-state index in [0.29, 0.717) is 32.8 Å². The summed E-state index contributed by atoms with van der Waals surface area (Å²) < 4.78 is 5.13. The predicted molar refractivity (Wildman–Crippen MR) is 82.5 cm³/mol. The number of ether oxygens (including phenoxy) is 1. The van der Waals surface area contributed by atoms with Crippen LogP contribution in [0.25, 0.3) is 22.4 Å². The number of rotatable bonds is 2. The van der Waals surface area contributed by atoms with E-state index in [9.17, 15) is 0 Å². The second-order valence-electron chi connectivity index (χ2n) is 4.30. The van der Waals surface area contributed by atoms with Crippen molar-refractivity contribution in [3.63, 3.8) is 0 Å². The smallest absolute Gasteiger partial charge is 0.140 e. The van der Waals surface area contributed by atoms with Gasteiger partial charge in [-0.05, 0) is 24.3 Å². The molecule has 20 heavy (non-hydrogen) atoms. The Morgan fingerprint density at radius 3 is 2.70 bits per heavy atom. The van der Waals surface area contributed by atoms with E-state index < -0.39 is 0 Å². The second kappa shape index (κ2) is 4.89. The van der Waals surface area contributed by atoms with Crippen molar-refractivity contribution in [3.8, 4) is 17.1 Å². The van der Waals surface area contributed by atoms with Crippen molar-refractivity contribution in [2.75, 3.05) is 12.8 Å². The summed E-state index contributed by atoms with van der Waals surface area (Å²) in [4.78, 5) is 7.65. The topological polar surface area (TPSA) is 63.9 Å². The molecule has 102 valence electrons. The van der Waals surface area contributed by atoms with Gasteiger partial charge in [0.25, 0.3) is 0 Å². The van der Waals surface area contributed by atoms with Gasteiger partial charge in [-0.2, -0.15) is 0 Å². The maximum absolute atomic E-state index is 6.15. The van der Waals surface area contributed by atoms with Gasteiger partial charge >= 0.3 is 0 Å². The van der Waals surface area contributed by atoms with Crippen molar-refractivity contribution < 1.29 is 4.74 Å². The van der Waals surface area contributed by atoms with Gasteiger partial charge in [0, 0.05) is 17.3 Å². The SMILES string of the molecule is COc1ccc(-c2nc3c(Cl)c(Cl)ccc3[nH]2)c(N)c1. The Balaban J connectivity index is 2.17. The Labute approximate surface area is 125 Å². The number of hydrogen-bond donors (Lipinski definition) is 2. The van der Waals surface area contributed by atoms with E-state index in [1.807, 2.05) is 18.2 Å². The first-order chi connectivity index (χ1) is 9.60. The Hall–Kier alpha value is -1.91. The lowest BCUT2D eigenvalue weighted by molar-refractivity contribution is 0.415. The fraction of sp³-hybridized carbons (Fsp3) is 0.0714. The number of anilines is 1. The molecule has 3 aromatic rings. The van der Waals surface area contributed by atoms with Gasteiger partial charge in [-0.25, -0.2) is 4.98 Å². The van der Waals surface area contributed by atoms with E-state index in [0.717, 1.165) is 11.1 Å². The summed E-state index contributed by atoms with van der Waals surface area (Å²) in [6.07, 6.45) is 0. The average molecular weight is 308 g/mol.